The summed E-state index contributed by atoms with van der Waals surface area (Å²) in [4.78, 5) is 25.1. The maximum absolute atomic E-state index is 12.6. The van der Waals surface area contributed by atoms with Crippen molar-refractivity contribution in [1.29, 1.82) is 0 Å². The van der Waals surface area contributed by atoms with E-state index in [4.69, 9.17) is 14.2 Å². The number of rotatable bonds is 6. The van der Waals surface area contributed by atoms with Gasteiger partial charge in [0.2, 0.25) is 16.6 Å². The Kier molecular flexibility index (Phi) is 6.44. The number of pyridine rings is 2. The molecular formula is C24H28N2O7. The van der Waals surface area contributed by atoms with Crippen LogP contribution in [0.1, 0.15) is 34.3 Å². The Morgan fingerprint density at radius 1 is 0.727 bits per heavy atom. The van der Waals surface area contributed by atoms with Crippen LogP contribution in [0.25, 0.3) is 0 Å². The zero-order chi connectivity index (χ0) is 24.6. The lowest BCUT2D eigenvalue weighted by Crippen LogP contribution is -2.23. The van der Waals surface area contributed by atoms with Gasteiger partial charge in [-0.2, -0.15) is 0 Å². The zero-order valence-electron chi connectivity index (χ0n) is 19.7. The summed E-state index contributed by atoms with van der Waals surface area (Å²) < 4.78 is 19.7. The second-order valence-electron chi connectivity index (χ2n) is 7.78. The Morgan fingerprint density at radius 2 is 1.12 bits per heavy atom. The molecule has 0 aliphatic carbocycles. The molecule has 0 atom stereocenters. The van der Waals surface area contributed by atoms with E-state index in [1.807, 2.05) is 0 Å². The van der Waals surface area contributed by atoms with E-state index in [0.717, 1.165) is 0 Å². The SMILES string of the molecule is COc1cc(C(c2c(O)c(=O)cc(C)n2C)c2c(O)c(=O)cc(C)n2C)cc(OC)c1OC. The summed E-state index contributed by atoms with van der Waals surface area (Å²) in [7, 11) is 7.80. The Balaban J connectivity index is 2.56. The summed E-state index contributed by atoms with van der Waals surface area (Å²) >= 11 is 0. The molecule has 0 amide bonds. The quantitative estimate of drug-likeness (QED) is 0.585. The number of aromatic nitrogens is 2. The van der Waals surface area contributed by atoms with Crippen molar-refractivity contribution < 1.29 is 24.4 Å². The molecule has 9 nitrogen and oxygen atoms in total. The average molecular weight is 456 g/mol. The summed E-state index contributed by atoms with van der Waals surface area (Å²) in [6.45, 7) is 3.46. The summed E-state index contributed by atoms with van der Waals surface area (Å²) in [6.07, 6.45) is 0. The number of aryl methyl sites for hydroxylation is 2. The molecule has 0 bridgehead atoms. The van der Waals surface area contributed by atoms with Crippen molar-refractivity contribution >= 4 is 0 Å². The molecule has 0 saturated heterocycles. The van der Waals surface area contributed by atoms with Crippen LogP contribution < -0.4 is 25.1 Å². The van der Waals surface area contributed by atoms with Crippen molar-refractivity contribution in [3.8, 4) is 28.7 Å². The number of ether oxygens (including phenoxy) is 3. The second kappa shape index (κ2) is 8.93. The lowest BCUT2D eigenvalue weighted by atomic mass is 9.88. The fourth-order valence-corrected chi connectivity index (χ4v) is 4.03. The van der Waals surface area contributed by atoms with Crippen molar-refractivity contribution in [2.45, 2.75) is 19.8 Å². The Morgan fingerprint density at radius 3 is 1.45 bits per heavy atom. The summed E-state index contributed by atoms with van der Waals surface area (Å²) in [5, 5.41) is 21.8. The molecule has 0 unspecified atom stereocenters. The first kappa shape index (κ1) is 23.8. The van der Waals surface area contributed by atoms with E-state index in [0.29, 0.717) is 34.2 Å². The zero-order valence-corrected chi connectivity index (χ0v) is 19.7. The maximum atomic E-state index is 12.6. The number of benzene rings is 1. The minimum Gasteiger partial charge on any atom is -0.503 e. The monoisotopic (exact) mass is 456 g/mol. The molecule has 0 saturated carbocycles. The maximum Gasteiger partial charge on any atom is 0.223 e. The number of hydrogen-bond donors (Lipinski definition) is 2. The van der Waals surface area contributed by atoms with Gasteiger partial charge in [0.05, 0.1) is 38.6 Å². The third kappa shape index (κ3) is 3.90. The van der Waals surface area contributed by atoms with E-state index in [1.165, 1.54) is 33.5 Å². The molecule has 176 valence electrons. The fourth-order valence-electron chi connectivity index (χ4n) is 4.03. The van der Waals surface area contributed by atoms with Crippen LogP contribution in [0.5, 0.6) is 28.7 Å². The van der Waals surface area contributed by atoms with Crippen molar-refractivity contribution in [3.63, 3.8) is 0 Å². The highest BCUT2D eigenvalue weighted by molar-refractivity contribution is 5.58. The van der Waals surface area contributed by atoms with Crippen molar-refractivity contribution in [2.75, 3.05) is 21.3 Å². The van der Waals surface area contributed by atoms with Crippen molar-refractivity contribution in [2.24, 2.45) is 14.1 Å². The van der Waals surface area contributed by atoms with Gasteiger partial charge in [-0.15, -0.1) is 0 Å². The molecule has 0 radical (unpaired) electrons. The minimum atomic E-state index is -0.936. The molecule has 2 N–H and O–H groups in total. The summed E-state index contributed by atoms with van der Waals surface area (Å²) in [5.74, 6) is -0.885. The molecule has 2 heterocycles. The smallest absolute Gasteiger partial charge is 0.223 e. The van der Waals surface area contributed by atoms with Crippen LogP contribution in [0.3, 0.4) is 0 Å². The number of methoxy groups -OCH3 is 3. The van der Waals surface area contributed by atoms with Gasteiger partial charge in [0, 0.05) is 37.6 Å². The van der Waals surface area contributed by atoms with Gasteiger partial charge in [-0.25, -0.2) is 0 Å². The highest BCUT2D eigenvalue weighted by atomic mass is 16.5. The Bertz CT molecular complexity index is 1240. The first-order chi connectivity index (χ1) is 15.6. The van der Waals surface area contributed by atoms with Gasteiger partial charge in [0.25, 0.3) is 0 Å². The van der Waals surface area contributed by atoms with Gasteiger partial charge in [-0.1, -0.05) is 0 Å². The number of hydrogen-bond acceptors (Lipinski definition) is 7. The van der Waals surface area contributed by atoms with E-state index in [-0.39, 0.29) is 11.4 Å². The van der Waals surface area contributed by atoms with Gasteiger partial charge < -0.3 is 33.6 Å². The molecule has 2 aromatic heterocycles. The first-order valence-electron chi connectivity index (χ1n) is 10.2. The predicted octanol–water partition coefficient (Wildman–Crippen LogP) is 2.32. The molecule has 0 fully saturated rings. The van der Waals surface area contributed by atoms with E-state index in [2.05, 4.69) is 0 Å². The van der Waals surface area contributed by atoms with Crippen LogP contribution in [-0.2, 0) is 14.1 Å². The second-order valence-corrected chi connectivity index (χ2v) is 7.78. The average Bonchev–Trinajstić information content (AvgIpc) is 2.79. The highest BCUT2D eigenvalue weighted by Crippen LogP contribution is 2.45. The van der Waals surface area contributed by atoms with Crippen LogP contribution in [0, 0.1) is 13.8 Å². The standard InChI is InChI=1S/C24H28N2O7/c1-12-8-15(27)22(29)20(25(12)3)19(21-23(30)16(28)9-13(2)26(21)4)14-10-17(31-5)24(33-7)18(11-14)32-6/h8-11,19,29-30H,1-7H3. The molecule has 0 aliphatic rings. The minimum absolute atomic E-state index is 0.199. The molecule has 0 spiro atoms. The third-order valence-electron chi connectivity index (χ3n) is 5.98. The van der Waals surface area contributed by atoms with Crippen LogP contribution in [-0.4, -0.2) is 40.7 Å². The molecule has 0 aliphatic heterocycles. The lowest BCUT2D eigenvalue weighted by Gasteiger charge is -2.27. The van der Waals surface area contributed by atoms with Crippen LogP contribution in [0.4, 0.5) is 0 Å². The molecule has 33 heavy (non-hydrogen) atoms. The van der Waals surface area contributed by atoms with Gasteiger partial charge in [-0.05, 0) is 31.5 Å². The van der Waals surface area contributed by atoms with Crippen molar-refractivity contribution in [1.82, 2.24) is 9.13 Å². The van der Waals surface area contributed by atoms with Gasteiger partial charge in [0.1, 0.15) is 0 Å². The Hall–Kier alpha value is -3.88. The predicted molar refractivity (Wildman–Crippen MR) is 123 cm³/mol. The normalized spacial score (nSPS) is 11.0. The first-order valence-corrected chi connectivity index (χ1v) is 10.2. The molecule has 1 aromatic carbocycles. The van der Waals surface area contributed by atoms with E-state index in [1.54, 1.807) is 49.2 Å². The van der Waals surface area contributed by atoms with Crippen LogP contribution in [0.15, 0.2) is 33.9 Å². The molecule has 3 aromatic rings. The number of nitrogens with zero attached hydrogens (tertiary/aromatic N) is 2. The van der Waals surface area contributed by atoms with Crippen LogP contribution in [0.2, 0.25) is 0 Å². The van der Waals surface area contributed by atoms with Gasteiger partial charge in [0.15, 0.2) is 23.0 Å². The molecule has 3 rings (SSSR count). The van der Waals surface area contributed by atoms with Gasteiger partial charge in [-0.3, -0.25) is 9.59 Å². The number of aromatic hydroxyl groups is 2. The van der Waals surface area contributed by atoms with Crippen LogP contribution >= 0.6 is 0 Å². The van der Waals surface area contributed by atoms with E-state index in [9.17, 15) is 19.8 Å². The third-order valence-corrected chi connectivity index (χ3v) is 5.98. The molecular weight excluding hydrogens is 428 g/mol. The topological polar surface area (TPSA) is 112 Å². The summed E-state index contributed by atoms with van der Waals surface area (Å²) in [6, 6.07) is 5.95. The van der Waals surface area contributed by atoms with E-state index < -0.39 is 28.3 Å². The largest absolute Gasteiger partial charge is 0.503 e. The summed E-state index contributed by atoms with van der Waals surface area (Å²) in [5.41, 5.74) is 0.918. The highest BCUT2D eigenvalue weighted by Gasteiger charge is 2.32. The van der Waals surface area contributed by atoms with Crippen molar-refractivity contribution in [3.05, 3.63) is 73.1 Å². The van der Waals surface area contributed by atoms with E-state index >= 15 is 0 Å². The molecule has 9 heteroatoms. The Labute approximate surface area is 191 Å². The lowest BCUT2D eigenvalue weighted by molar-refractivity contribution is 0.323. The fraction of sp³-hybridized carbons (Fsp3) is 0.333. The van der Waals surface area contributed by atoms with Gasteiger partial charge >= 0.3 is 0 Å².